The summed E-state index contributed by atoms with van der Waals surface area (Å²) in [6, 6.07) is 26.8. The lowest BCUT2D eigenvalue weighted by Crippen LogP contribution is -2.12. The molecule has 7 heteroatoms. The number of nitrogens with zero attached hydrogens (tertiary/aromatic N) is 3. The number of carbonyl (C=O) groups excluding carboxylic acids is 1. The second kappa shape index (κ2) is 8.87. The van der Waals surface area contributed by atoms with Crippen molar-refractivity contribution in [2.24, 2.45) is 0 Å². The summed E-state index contributed by atoms with van der Waals surface area (Å²) in [5.41, 5.74) is 5.00. The van der Waals surface area contributed by atoms with Crippen molar-refractivity contribution in [3.63, 3.8) is 0 Å². The molecule has 0 aliphatic rings. The quantitative estimate of drug-likeness (QED) is 0.342. The number of aromatic nitrogens is 3. The molecule has 2 aromatic heterocycles. The Morgan fingerprint density at radius 1 is 0.875 bits per heavy atom. The number of benzene rings is 3. The van der Waals surface area contributed by atoms with E-state index in [9.17, 15) is 4.79 Å². The average molecular weight is 438 g/mol. The molecule has 3 aromatic carbocycles. The van der Waals surface area contributed by atoms with Crippen LogP contribution in [0.15, 0.2) is 103 Å². The minimum absolute atomic E-state index is 0.172. The van der Waals surface area contributed by atoms with Gasteiger partial charge in [-0.1, -0.05) is 36.4 Å². The van der Waals surface area contributed by atoms with Crippen LogP contribution in [-0.2, 0) is 0 Å². The zero-order chi connectivity index (χ0) is 21.8. The summed E-state index contributed by atoms with van der Waals surface area (Å²) in [4.78, 5) is 17.4. The molecule has 0 aliphatic heterocycles. The van der Waals surface area contributed by atoms with Crippen molar-refractivity contribution in [2.45, 2.75) is 0 Å². The maximum Gasteiger partial charge on any atom is 0.255 e. The van der Waals surface area contributed by atoms with E-state index in [-0.39, 0.29) is 5.91 Å². The number of nitrogens with one attached hydrogen (secondary N) is 2. The average Bonchev–Trinajstić information content (AvgIpc) is 3.53. The van der Waals surface area contributed by atoms with Gasteiger partial charge < -0.3 is 10.6 Å². The van der Waals surface area contributed by atoms with Crippen LogP contribution in [0.2, 0.25) is 0 Å². The summed E-state index contributed by atoms with van der Waals surface area (Å²) >= 11 is 1.55. The van der Waals surface area contributed by atoms with Gasteiger partial charge in [0.15, 0.2) is 5.13 Å². The number of anilines is 3. The van der Waals surface area contributed by atoms with E-state index in [2.05, 4.69) is 20.7 Å². The molecule has 156 valence electrons. The fourth-order valence-electron chi connectivity index (χ4n) is 3.25. The third kappa shape index (κ3) is 4.43. The molecule has 0 saturated carbocycles. The summed E-state index contributed by atoms with van der Waals surface area (Å²) in [6.45, 7) is 0. The van der Waals surface area contributed by atoms with E-state index < -0.39 is 0 Å². The van der Waals surface area contributed by atoms with Crippen molar-refractivity contribution >= 4 is 33.8 Å². The molecule has 0 unspecified atom stereocenters. The van der Waals surface area contributed by atoms with Crippen LogP contribution in [0.3, 0.4) is 0 Å². The zero-order valence-corrected chi connectivity index (χ0v) is 17.8. The first kappa shape index (κ1) is 19.7. The molecule has 0 radical (unpaired) electrons. The van der Waals surface area contributed by atoms with Crippen LogP contribution in [-0.4, -0.2) is 20.7 Å². The maximum absolute atomic E-state index is 12.7. The van der Waals surface area contributed by atoms with Gasteiger partial charge >= 0.3 is 0 Å². The third-order valence-corrected chi connectivity index (χ3v) is 5.60. The van der Waals surface area contributed by atoms with Gasteiger partial charge in [-0.3, -0.25) is 4.79 Å². The number of amides is 1. The Morgan fingerprint density at radius 3 is 2.50 bits per heavy atom. The van der Waals surface area contributed by atoms with Gasteiger partial charge in [0.1, 0.15) is 0 Å². The van der Waals surface area contributed by atoms with Gasteiger partial charge in [0.05, 0.1) is 11.4 Å². The Morgan fingerprint density at radius 2 is 1.72 bits per heavy atom. The van der Waals surface area contributed by atoms with Crippen molar-refractivity contribution in [1.82, 2.24) is 14.8 Å². The fraction of sp³-hybridized carbons (Fsp3) is 0. The molecule has 0 saturated heterocycles. The first-order valence-corrected chi connectivity index (χ1v) is 10.9. The number of para-hydroxylation sites is 1. The van der Waals surface area contributed by atoms with Crippen molar-refractivity contribution in [2.75, 3.05) is 10.6 Å². The smallest absolute Gasteiger partial charge is 0.255 e. The van der Waals surface area contributed by atoms with Gasteiger partial charge in [-0.25, -0.2) is 9.67 Å². The molecular formula is C25H19N5OS. The molecule has 0 fully saturated rings. The predicted molar refractivity (Wildman–Crippen MR) is 129 cm³/mol. The third-order valence-electron chi connectivity index (χ3n) is 4.85. The Hall–Kier alpha value is -4.23. The number of thiazole rings is 1. The molecule has 5 rings (SSSR count). The fourth-order valence-corrected chi connectivity index (χ4v) is 3.99. The lowest BCUT2D eigenvalue weighted by atomic mass is 10.1. The van der Waals surface area contributed by atoms with Crippen LogP contribution in [0.25, 0.3) is 16.9 Å². The minimum Gasteiger partial charge on any atom is -0.332 e. The lowest BCUT2D eigenvalue weighted by molar-refractivity contribution is 0.102. The van der Waals surface area contributed by atoms with Crippen molar-refractivity contribution in [1.29, 1.82) is 0 Å². The predicted octanol–water partition coefficient (Wildman–Crippen LogP) is 5.99. The molecule has 1 amide bonds. The molecule has 0 spiro atoms. The van der Waals surface area contributed by atoms with Crippen LogP contribution in [0, 0.1) is 0 Å². The van der Waals surface area contributed by atoms with Crippen LogP contribution in [0.1, 0.15) is 10.4 Å². The standard InChI is InChI=1S/C25H19N5OS/c31-24(19-6-4-9-22(16-19)30-15-5-14-26-30)27-21-12-10-18(11-13-21)23-17-32-25(29-23)28-20-7-2-1-3-8-20/h1-17H,(H,27,31)(H,28,29). The van der Waals surface area contributed by atoms with E-state index >= 15 is 0 Å². The van der Waals surface area contributed by atoms with Crippen LogP contribution in [0.4, 0.5) is 16.5 Å². The van der Waals surface area contributed by atoms with Crippen LogP contribution in [0.5, 0.6) is 0 Å². The van der Waals surface area contributed by atoms with E-state index in [0.29, 0.717) is 5.56 Å². The van der Waals surface area contributed by atoms with Gasteiger partial charge in [0, 0.05) is 40.3 Å². The second-order valence-electron chi connectivity index (χ2n) is 7.06. The van der Waals surface area contributed by atoms with Gasteiger partial charge in [0.25, 0.3) is 5.91 Å². The van der Waals surface area contributed by atoms with E-state index in [1.54, 1.807) is 28.3 Å². The zero-order valence-electron chi connectivity index (χ0n) is 17.0. The summed E-state index contributed by atoms with van der Waals surface area (Å²) in [5, 5.41) is 13.3. The number of carbonyl (C=O) groups is 1. The van der Waals surface area contributed by atoms with Crippen molar-refractivity contribution < 1.29 is 4.79 Å². The van der Waals surface area contributed by atoms with Crippen LogP contribution >= 0.6 is 11.3 Å². The van der Waals surface area contributed by atoms with Crippen LogP contribution < -0.4 is 10.6 Å². The molecule has 6 nitrogen and oxygen atoms in total. The summed E-state index contributed by atoms with van der Waals surface area (Å²) < 4.78 is 1.72. The van der Waals surface area contributed by atoms with E-state index in [1.807, 2.05) is 90.4 Å². The number of hydrogen-bond acceptors (Lipinski definition) is 5. The topological polar surface area (TPSA) is 71.8 Å². The van der Waals surface area contributed by atoms with E-state index in [1.165, 1.54) is 0 Å². The highest BCUT2D eigenvalue weighted by atomic mass is 32.1. The Balaban J connectivity index is 1.26. The van der Waals surface area contributed by atoms with Gasteiger partial charge in [-0.15, -0.1) is 11.3 Å². The molecule has 2 N–H and O–H groups in total. The summed E-state index contributed by atoms with van der Waals surface area (Å²) in [7, 11) is 0. The molecule has 0 atom stereocenters. The van der Waals surface area contributed by atoms with E-state index in [0.717, 1.165) is 33.5 Å². The minimum atomic E-state index is -0.172. The normalized spacial score (nSPS) is 10.6. The van der Waals surface area contributed by atoms with Gasteiger partial charge in [-0.2, -0.15) is 5.10 Å². The van der Waals surface area contributed by atoms with Crippen molar-refractivity contribution in [3.8, 4) is 16.9 Å². The highest BCUT2D eigenvalue weighted by Crippen LogP contribution is 2.28. The molecule has 32 heavy (non-hydrogen) atoms. The lowest BCUT2D eigenvalue weighted by Gasteiger charge is -2.08. The molecular weight excluding hydrogens is 418 g/mol. The highest BCUT2D eigenvalue weighted by Gasteiger charge is 2.09. The Kier molecular flexibility index (Phi) is 5.47. The first-order valence-electron chi connectivity index (χ1n) is 10.0. The summed E-state index contributed by atoms with van der Waals surface area (Å²) in [6.07, 6.45) is 3.55. The molecule has 0 aliphatic carbocycles. The second-order valence-corrected chi connectivity index (χ2v) is 7.92. The SMILES string of the molecule is O=C(Nc1ccc(-c2csc(Nc3ccccc3)n2)cc1)c1cccc(-n2cccn2)c1. The highest BCUT2D eigenvalue weighted by molar-refractivity contribution is 7.14. The summed E-state index contributed by atoms with van der Waals surface area (Å²) in [5.74, 6) is -0.172. The monoisotopic (exact) mass is 437 g/mol. The maximum atomic E-state index is 12.7. The van der Waals surface area contributed by atoms with Gasteiger partial charge in [-0.05, 0) is 48.5 Å². The number of hydrogen-bond donors (Lipinski definition) is 2. The molecule has 0 bridgehead atoms. The Bertz CT molecular complexity index is 1330. The number of rotatable bonds is 6. The van der Waals surface area contributed by atoms with Crippen molar-refractivity contribution in [3.05, 3.63) is 108 Å². The molecule has 2 heterocycles. The van der Waals surface area contributed by atoms with Gasteiger partial charge in [0.2, 0.25) is 0 Å². The van der Waals surface area contributed by atoms with E-state index in [4.69, 9.17) is 0 Å². The first-order chi connectivity index (χ1) is 15.7. The Labute approximate surface area is 189 Å². The molecule has 5 aromatic rings. The largest absolute Gasteiger partial charge is 0.332 e.